The van der Waals surface area contributed by atoms with E-state index in [4.69, 9.17) is 10.7 Å². The van der Waals surface area contributed by atoms with E-state index < -0.39 is 0 Å². The molecule has 1 fully saturated rings. The van der Waals surface area contributed by atoms with Crippen molar-refractivity contribution in [1.82, 2.24) is 9.97 Å². The number of anilines is 2. The van der Waals surface area contributed by atoms with E-state index in [1.165, 1.54) is 0 Å². The average Bonchev–Trinajstić information content (AvgIpc) is 2.59. The quantitative estimate of drug-likeness (QED) is 0.717. The number of carbonyl (C=O) groups is 1. The summed E-state index contributed by atoms with van der Waals surface area (Å²) in [5.74, 6) is 1.91. The molecule has 0 aliphatic heterocycles. The minimum absolute atomic E-state index is 0. The number of nitrogens with two attached hydrogens (primary N) is 1. The highest BCUT2D eigenvalue weighted by Crippen LogP contribution is 2.29. The van der Waals surface area contributed by atoms with Crippen LogP contribution in [0.5, 0.6) is 0 Å². The Morgan fingerprint density at radius 1 is 1.15 bits per heavy atom. The number of nitrogens with one attached hydrogen (secondary N) is 2. The summed E-state index contributed by atoms with van der Waals surface area (Å²) in [6.45, 7) is 7.18. The number of benzene rings is 1. The Morgan fingerprint density at radius 2 is 1.81 bits per heavy atom. The number of halogens is 1. The normalized spacial score (nSPS) is 20.0. The van der Waals surface area contributed by atoms with Gasteiger partial charge in [-0.25, -0.2) is 4.98 Å². The number of carbonyl (C=O) groups excluding carboxylic acids is 1. The van der Waals surface area contributed by atoms with E-state index in [1.807, 2.05) is 24.3 Å². The number of fused-ring (bicyclic) bond motifs is 1. The molecule has 148 valence electrons. The van der Waals surface area contributed by atoms with Crippen molar-refractivity contribution in [2.75, 3.05) is 17.2 Å². The standard InChI is InChI=1S/C20H29N5O.ClH/c1-20(2,3)25-18-15-6-4-5-7-16(15)23-19(24-18)22-12-13-8-10-14(11-9-13)17(21)26;/h4-7,13-14H,8-12H2,1-3H3,(H2,21,26)(H2,22,23,24,25);1H. The third-order valence-electron chi connectivity index (χ3n) is 4.89. The Balaban J connectivity index is 0.00000261. The minimum atomic E-state index is -0.160. The van der Waals surface area contributed by atoms with Crippen molar-refractivity contribution < 1.29 is 4.79 Å². The van der Waals surface area contributed by atoms with E-state index in [0.29, 0.717) is 11.9 Å². The van der Waals surface area contributed by atoms with E-state index in [1.54, 1.807) is 0 Å². The van der Waals surface area contributed by atoms with E-state index in [0.717, 1.165) is 48.9 Å². The second-order valence-corrected chi connectivity index (χ2v) is 8.29. The first-order valence-corrected chi connectivity index (χ1v) is 9.40. The van der Waals surface area contributed by atoms with E-state index in [9.17, 15) is 4.79 Å². The van der Waals surface area contributed by atoms with Gasteiger partial charge in [-0.15, -0.1) is 12.4 Å². The van der Waals surface area contributed by atoms with Crippen LogP contribution in [0.2, 0.25) is 0 Å². The van der Waals surface area contributed by atoms with Crippen molar-refractivity contribution in [3.8, 4) is 0 Å². The van der Waals surface area contributed by atoms with Gasteiger partial charge in [-0.3, -0.25) is 4.79 Å². The number of para-hydroxylation sites is 1. The van der Waals surface area contributed by atoms with Crippen LogP contribution < -0.4 is 16.4 Å². The van der Waals surface area contributed by atoms with Crippen molar-refractivity contribution in [2.45, 2.75) is 52.0 Å². The highest BCUT2D eigenvalue weighted by molar-refractivity contribution is 5.90. The summed E-state index contributed by atoms with van der Waals surface area (Å²) < 4.78 is 0. The Bertz CT molecular complexity index is 782. The molecule has 1 aliphatic rings. The predicted molar refractivity (Wildman–Crippen MR) is 113 cm³/mol. The van der Waals surface area contributed by atoms with E-state index >= 15 is 0 Å². The molecule has 4 N–H and O–H groups in total. The SMILES string of the molecule is CC(C)(C)Nc1nc(NCC2CCC(C(N)=O)CC2)nc2ccccc12.Cl. The topological polar surface area (TPSA) is 92.9 Å². The zero-order chi connectivity index (χ0) is 18.7. The highest BCUT2D eigenvalue weighted by Gasteiger charge is 2.24. The maximum atomic E-state index is 11.3. The molecule has 1 aromatic heterocycles. The molecule has 0 spiro atoms. The number of hydrogen-bond acceptors (Lipinski definition) is 5. The van der Waals surface area contributed by atoms with Gasteiger partial charge < -0.3 is 16.4 Å². The lowest BCUT2D eigenvalue weighted by atomic mass is 9.82. The first-order chi connectivity index (χ1) is 12.3. The van der Waals surface area contributed by atoms with Gasteiger partial charge in [-0.2, -0.15) is 4.98 Å². The third-order valence-corrected chi connectivity index (χ3v) is 4.89. The van der Waals surface area contributed by atoms with E-state index in [-0.39, 0.29) is 29.8 Å². The number of nitrogens with zero attached hydrogens (tertiary/aromatic N) is 2. The largest absolute Gasteiger partial charge is 0.369 e. The maximum absolute atomic E-state index is 11.3. The molecule has 1 saturated carbocycles. The summed E-state index contributed by atoms with van der Waals surface area (Å²) in [5.41, 5.74) is 6.26. The highest BCUT2D eigenvalue weighted by atomic mass is 35.5. The fourth-order valence-corrected chi connectivity index (χ4v) is 3.49. The molecule has 6 nitrogen and oxygen atoms in total. The van der Waals surface area contributed by atoms with Crippen LogP contribution >= 0.6 is 12.4 Å². The number of aromatic nitrogens is 2. The summed E-state index contributed by atoms with van der Waals surface area (Å²) in [6, 6.07) is 8.04. The monoisotopic (exact) mass is 391 g/mol. The molecular formula is C20H30ClN5O. The van der Waals surface area contributed by atoms with Gasteiger partial charge in [0.05, 0.1) is 5.52 Å². The molecule has 1 amide bonds. The van der Waals surface area contributed by atoms with Crippen molar-refractivity contribution in [3.05, 3.63) is 24.3 Å². The van der Waals surface area contributed by atoms with Gasteiger partial charge in [0, 0.05) is 23.4 Å². The van der Waals surface area contributed by atoms with Crippen LogP contribution in [0.25, 0.3) is 10.9 Å². The van der Waals surface area contributed by atoms with Gasteiger partial charge in [-0.05, 0) is 64.5 Å². The van der Waals surface area contributed by atoms with Crippen molar-refractivity contribution in [1.29, 1.82) is 0 Å². The Kier molecular flexibility index (Phi) is 6.87. The van der Waals surface area contributed by atoms with Crippen LogP contribution in [0.4, 0.5) is 11.8 Å². The zero-order valence-electron chi connectivity index (χ0n) is 16.3. The number of hydrogen-bond donors (Lipinski definition) is 3. The van der Waals surface area contributed by atoms with Crippen LogP contribution in [-0.2, 0) is 4.79 Å². The predicted octanol–water partition coefficient (Wildman–Crippen LogP) is 3.97. The first-order valence-electron chi connectivity index (χ1n) is 9.40. The summed E-state index contributed by atoms with van der Waals surface area (Å²) in [6.07, 6.45) is 3.80. The van der Waals surface area contributed by atoms with Crippen molar-refractivity contribution in [2.24, 2.45) is 17.6 Å². The fourth-order valence-electron chi connectivity index (χ4n) is 3.49. The lowest BCUT2D eigenvalue weighted by molar-refractivity contribution is -0.122. The molecule has 27 heavy (non-hydrogen) atoms. The summed E-state index contributed by atoms with van der Waals surface area (Å²) >= 11 is 0. The molecule has 7 heteroatoms. The molecule has 3 rings (SSSR count). The molecule has 0 atom stereocenters. The van der Waals surface area contributed by atoms with Gasteiger partial charge in [0.2, 0.25) is 11.9 Å². The van der Waals surface area contributed by atoms with Gasteiger partial charge in [-0.1, -0.05) is 12.1 Å². The second kappa shape index (κ2) is 8.74. The molecule has 0 bridgehead atoms. The zero-order valence-corrected chi connectivity index (χ0v) is 17.1. The fraction of sp³-hybridized carbons (Fsp3) is 0.550. The van der Waals surface area contributed by atoms with Crippen LogP contribution in [0.3, 0.4) is 0 Å². The lowest BCUT2D eigenvalue weighted by Gasteiger charge is -2.27. The lowest BCUT2D eigenvalue weighted by Crippen LogP contribution is -2.30. The molecule has 0 saturated heterocycles. The minimum Gasteiger partial charge on any atom is -0.369 e. The summed E-state index contributed by atoms with van der Waals surface area (Å²) in [7, 11) is 0. The number of rotatable bonds is 5. The van der Waals surface area contributed by atoms with Crippen LogP contribution in [-0.4, -0.2) is 28.0 Å². The molecule has 1 aliphatic carbocycles. The molecule has 1 heterocycles. The maximum Gasteiger partial charge on any atom is 0.225 e. The van der Waals surface area contributed by atoms with Gasteiger partial charge in [0.15, 0.2) is 0 Å². The van der Waals surface area contributed by atoms with Gasteiger partial charge >= 0.3 is 0 Å². The molecule has 0 unspecified atom stereocenters. The van der Waals surface area contributed by atoms with Gasteiger partial charge in [0.25, 0.3) is 0 Å². The first kappa shape index (κ1) is 21.2. The molecule has 0 radical (unpaired) electrons. The van der Waals surface area contributed by atoms with Crippen molar-refractivity contribution >= 4 is 41.0 Å². The summed E-state index contributed by atoms with van der Waals surface area (Å²) in [4.78, 5) is 20.7. The number of primary amides is 1. The summed E-state index contributed by atoms with van der Waals surface area (Å²) in [5, 5.41) is 7.90. The van der Waals surface area contributed by atoms with Crippen molar-refractivity contribution in [3.63, 3.8) is 0 Å². The average molecular weight is 392 g/mol. The second-order valence-electron chi connectivity index (χ2n) is 8.29. The Hall–Kier alpha value is -2.08. The molecular weight excluding hydrogens is 362 g/mol. The Morgan fingerprint density at radius 3 is 2.44 bits per heavy atom. The van der Waals surface area contributed by atoms with E-state index in [2.05, 4.69) is 36.4 Å². The molecule has 2 aromatic rings. The smallest absolute Gasteiger partial charge is 0.225 e. The van der Waals surface area contributed by atoms with Crippen LogP contribution in [0.1, 0.15) is 46.5 Å². The molecule has 1 aromatic carbocycles. The number of amides is 1. The van der Waals surface area contributed by atoms with Crippen LogP contribution in [0.15, 0.2) is 24.3 Å². The van der Waals surface area contributed by atoms with Crippen LogP contribution in [0, 0.1) is 11.8 Å². The van der Waals surface area contributed by atoms with Gasteiger partial charge in [0.1, 0.15) is 5.82 Å². The Labute approximate surface area is 167 Å². The third kappa shape index (κ3) is 5.70.